The highest BCUT2D eigenvalue weighted by atomic mass is 127. The molecule has 6 nitrogen and oxygen atoms in total. The molecule has 2 rings (SSSR count). The molecule has 0 bridgehead atoms. The molecule has 0 saturated carbocycles. The van der Waals surface area contributed by atoms with Crippen LogP contribution < -0.4 is 24.8 Å². The van der Waals surface area contributed by atoms with E-state index in [4.69, 9.17) is 9.47 Å². The average molecular weight is 553 g/mol. The van der Waals surface area contributed by atoms with Crippen LogP contribution in [0.25, 0.3) is 0 Å². The molecule has 0 amide bonds. The second-order valence-corrected chi connectivity index (χ2v) is 6.16. The van der Waals surface area contributed by atoms with Gasteiger partial charge in [-0.25, -0.2) is 9.38 Å². The number of guanidine groups is 1. The minimum Gasteiger partial charge on any atom is -0.493 e. The smallest absolute Gasteiger partial charge is 0.387 e. The van der Waals surface area contributed by atoms with Gasteiger partial charge in [0.05, 0.1) is 26.3 Å². The Labute approximate surface area is 197 Å². The van der Waals surface area contributed by atoms with Crippen LogP contribution in [0.2, 0.25) is 0 Å². The van der Waals surface area contributed by atoms with E-state index in [0.717, 1.165) is 5.56 Å². The summed E-state index contributed by atoms with van der Waals surface area (Å²) in [5.74, 6) is 0.842. The zero-order valence-electron chi connectivity index (χ0n) is 17.6. The van der Waals surface area contributed by atoms with Crippen molar-refractivity contribution in [2.24, 2.45) is 4.99 Å². The maximum Gasteiger partial charge on any atom is 0.387 e. The van der Waals surface area contributed by atoms with E-state index in [1.54, 1.807) is 14.2 Å². The Morgan fingerprint density at radius 2 is 1.77 bits per heavy atom. The Balaban J connectivity index is 0.00000480. The van der Waals surface area contributed by atoms with E-state index in [0.29, 0.717) is 37.0 Å². The van der Waals surface area contributed by atoms with Gasteiger partial charge in [0.1, 0.15) is 11.6 Å². The molecular weight excluding hydrogens is 526 g/mol. The van der Waals surface area contributed by atoms with Gasteiger partial charge in [0, 0.05) is 13.1 Å². The van der Waals surface area contributed by atoms with Gasteiger partial charge in [-0.3, -0.25) is 0 Å². The van der Waals surface area contributed by atoms with Gasteiger partial charge in [0.2, 0.25) is 0 Å². The summed E-state index contributed by atoms with van der Waals surface area (Å²) in [6, 6.07) is 9.43. The summed E-state index contributed by atoms with van der Waals surface area (Å²) in [6.45, 7) is -0.179. The van der Waals surface area contributed by atoms with Crippen LogP contribution in [0.5, 0.6) is 17.2 Å². The maximum absolute atomic E-state index is 14.1. The number of ether oxygens (including phenoxy) is 3. The van der Waals surface area contributed by atoms with Gasteiger partial charge >= 0.3 is 6.61 Å². The van der Waals surface area contributed by atoms with Gasteiger partial charge in [0.25, 0.3) is 0 Å². The van der Waals surface area contributed by atoms with E-state index in [9.17, 15) is 13.2 Å². The molecular formula is C21H27F3IN3O3. The predicted octanol–water partition coefficient (Wildman–Crippen LogP) is 4.36. The summed E-state index contributed by atoms with van der Waals surface area (Å²) in [5, 5.41) is 6.18. The maximum atomic E-state index is 14.1. The van der Waals surface area contributed by atoms with Crippen LogP contribution in [0.4, 0.5) is 13.2 Å². The predicted molar refractivity (Wildman–Crippen MR) is 125 cm³/mol. The van der Waals surface area contributed by atoms with Gasteiger partial charge in [-0.2, -0.15) is 8.78 Å². The highest BCUT2D eigenvalue weighted by molar-refractivity contribution is 14.0. The topological polar surface area (TPSA) is 64.1 Å². The van der Waals surface area contributed by atoms with Crippen LogP contribution in [0.15, 0.2) is 41.4 Å². The molecule has 0 aromatic heterocycles. The number of alkyl halides is 2. The van der Waals surface area contributed by atoms with Crippen molar-refractivity contribution in [1.29, 1.82) is 0 Å². The van der Waals surface area contributed by atoms with Crippen LogP contribution in [0.1, 0.15) is 18.1 Å². The molecule has 10 heteroatoms. The number of benzene rings is 2. The molecule has 0 spiro atoms. The summed E-state index contributed by atoms with van der Waals surface area (Å²) in [6.07, 6.45) is 0.671. The number of nitrogens with one attached hydrogen (secondary N) is 2. The fourth-order valence-corrected chi connectivity index (χ4v) is 2.76. The fraction of sp³-hybridized carbons (Fsp3) is 0.381. The number of rotatable bonds is 10. The van der Waals surface area contributed by atoms with Gasteiger partial charge in [-0.05, 0) is 43.2 Å². The number of halogens is 4. The van der Waals surface area contributed by atoms with Crippen LogP contribution in [-0.4, -0.2) is 39.9 Å². The van der Waals surface area contributed by atoms with Gasteiger partial charge < -0.3 is 24.8 Å². The first kappa shape index (κ1) is 26.7. The summed E-state index contributed by atoms with van der Waals surface area (Å²) >= 11 is 0. The minimum absolute atomic E-state index is 0. The molecule has 0 aliphatic heterocycles. The van der Waals surface area contributed by atoms with E-state index in [1.165, 1.54) is 18.2 Å². The second-order valence-electron chi connectivity index (χ2n) is 6.16. The molecule has 31 heavy (non-hydrogen) atoms. The molecule has 172 valence electrons. The van der Waals surface area contributed by atoms with Crippen LogP contribution in [-0.2, 0) is 13.0 Å². The Kier molecular flexibility index (Phi) is 11.9. The van der Waals surface area contributed by atoms with E-state index in [1.807, 2.05) is 25.1 Å². The van der Waals surface area contributed by atoms with Crippen molar-refractivity contribution >= 4 is 29.9 Å². The number of hydrogen-bond acceptors (Lipinski definition) is 4. The van der Waals surface area contributed by atoms with E-state index >= 15 is 0 Å². The molecule has 2 N–H and O–H groups in total. The quantitative estimate of drug-likeness (QED) is 0.260. The van der Waals surface area contributed by atoms with E-state index in [2.05, 4.69) is 20.4 Å². The highest BCUT2D eigenvalue weighted by Gasteiger charge is 2.13. The summed E-state index contributed by atoms with van der Waals surface area (Å²) in [4.78, 5) is 4.29. The minimum atomic E-state index is -3.04. The molecule has 0 unspecified atom stereocenters. The lowest BCUT2D eigenvalue weighted by molar-refractivity contribution is -0.0506. The zero-order valence-corrected chi connectivity index (χ0v) is 19.9. The van der Waals surface area contributed by atoms with Crippen molar-refractivity contribution in [3.63, 3.8) is 0 Å². The molecule has 0 aliphatic rings. The molecule has 0 heterocycles. The van der Waals surface area contributed by atoms with Crippen molar-refractivity contribution in [3.05, 3.63) is 53.3 Å². The Hall–Kier alpha value is -2.37. The third kappa shape index (κ3) is 8.35. The third-order valence-corrected chi connectivity index (χ3v) is 4.19. The van der Waals surface area contributed by atoms with Gasteiger partial charge in [-0.15, -0.1) is 24.0 Å². The molecule has 2 aromatic carbocycles. The van der Waals surface area contributed by atoms with Gasteiger partial charge in [0.15, 0.2) is 17.5 Å². The lowest BCUT2D eigenvalue weighted by Gasteiger charge is -2.14. The number of aliphatic imine (C=N–C) groups is 1. The summed E-state index contributed by atoms with van der Waals surface area (Å²) in [5.41, 5.74) is 0.993. The highest BCUT2D eigenvalue weighted by Crippen LogP contribution is 2.27. The Morgan fingerprint density at radius 1 is 1.03 bits per heavy atom. The SMILES string of the molecule is CCNC(=NCc1c(F)cccc1OC(F)F)NCCc1ccc(OC)c(OC)c1.I. The number of nitrogens with zero attached hydrogens (tertiary/aromatic N) is 1. The Bertz CT molecular complexity index is 854. The first-order chi connectivity index (χ1) is 14.5. The Morgan fingerprint density at radius 3 is 2.42 bits per heavy atom. The van der Waals surface area contributed by atoms with Crippen LogP contribution in [0, 0.1) is 5.82 Å². The number of hydrogen-bond donors (Lipinski definition) is 2. The lowest BCUT2D eigenvalue weighted by Crippen LogP contribution is -2.38. The van der Waals surface area contributed by atoms with E-state index in [-0.39, 0.29) is 41.8 Å². The first-order valence-electron chi connectivity index (χ1n) is 9.43. The molecule has 0 atom stereocenters. The zero-order chi connectivity index (χ0) is 21.9. The molecule has 0 saturated heterocycles. The molecule has 0 radical (unpaired) electrons. The van der Waals surface area contributed by atoms with Crippen molar-refractivity contribution in [1.82, 2.24) is 10.6 Å². The average Bonchev–Trinajstić information content (AvgIpc) is 2.72. The summed E-state index contributed by atoms with van der Waals surface area (Å²) in [7, 11) is 3.15. The fourth-order valence-electron chi connectivity index (χ4n) is 2.76. The van der Waals surface area contributed by atoms with Crippen molar-refractivity contribution in [3.8, 4) is 17.2 Å². The summed E-state index contributed by atoms with van der Waals surface area (Å²) < 4.78 is 54.1. The van der Waals surface area contributed by atoms with Crippen molar-refractivity contribution in [2.75, 3.05) is 27.3 Å². The molecule has 2 aromatic rings. The van der Waals surface area contributed by atoms with Crippen molar-refractivity contribution < 1.29 is 27.4 Å². The standard InChI is InChI=1S/C21H26F3N3O3.HI/c1-4-25-21(26-11-10-14-8-9-18(28-2)19(12-14)29-3)27-13-15-16(22)6-5-7-17(15)30-20(23)24;/h5-9,12,20H,4,10-11,13H2,1-3H3,(H2,25,26,27);1H. The first-order valence-corrected chi connectivity index (χ1v) is 9.43. The number of methoxy groups -OCH3 is 2. The third-order valence-electron chi connectivity index (χ3n) is 4.19. The second kappa shape index (κ2) is 13.8. The largest absolute Gasteiger partial charge is 0.493 e. The monoisotopic (exact) mass is 553 g/mol. The molecule has 0 aliphatic carbocycles. The normalized spacial score (nSPS) is 11.0. The van der Waals surface area contributed by atoms with Crippen LogP contribution in [0.3, 0.4) is 0 Å². The van der Waals surface area contributed by atoms with Crippen LogP contribution >= 0.6 is 24.0 Å². The van der Waals surface area contributed by atoms with E-state index < -0.39 is 12.4 Å². The lowest BCUT2D eigenvalue weighted by atomic mass is 10.1. The molecule has 0 fully saturated rings. The van der Waals surface area contributed by atoms with Crippen molar-refractivity contribution in [2.45, 2.75) is 26.5 Å². The van der Waals surface area contributed by atoms with Gasteiger partial charge in [-0.1, -0.05) is 12.1 Å².